The fourth-order valence-electron chi connectivity index (χ4n) is 6.88. The lowest BCUT2D eigenvalue weighted by Gasteiger charge is -2.40. The Kier molecular flexibility index (Phi) is 10.6. The number of piperidine rings is 1. The molecule has 1 aliphatic carbocycles. The van der Waals surface area contributed by atoms with Crippen LogP contribution in [-0.2, 0) is 17.6 Å². The van der Waals surface area contributed by atoms with Gasteiger partial charge in [-0.05, 0) is 79.3 Å². The van der Waals surface area contributed by atoms with Crippen LogP contribution in [0.15, 0.2) is 48.5 Å². The Labute approximate surface area is 272 Å². The maximum absolute atomic E-state index is 14.3. The number of aromatic nitrogens is 1. The van der Waals surface area contributed by atoms with Crippen LogP contribution in [0.5, 0.6) is 5.75 Å². The maximum Gasteiger partial charge on any atom is 0.307 e. The molecule has 1 aromatic heterocycles. The van der Waals surface area contributed by atoms with Crippen LogP contribution >= 0.6 is 0 Å². The molecule has 1 aliphatic heterocycles. The Hall–Kier alpha value is -3.94. The summed E-state index contributed by atoms with van der Waals surface area (Å²) in [5, 5.41) is 9.97. The minimum atomic E-state index is -0.923. The molecule has 2 heterocycles. The Morgan fingerprint density at radius 3 is 2.30 bits per heavy atom. The van der Waals surface area contributed by atoms with E-state index >= 15 is 0 Å². The van der Waals surface area contributed by atoms with Crippen molar-refractivity contribution in [3.05, 3.63) is 76.9 Å². The second-order valence-corrected chi connectivity index (χ2v) is 13.9. The third kappa shape index (κ3) is 8.25. The quantitative estimate of drug-likeness (QED) is 0.234. The Morgan fingerprint density at radius 1 is 1.02 bits per heavy atom. The first kappa shape index (κ1) is 33.4. The zero-order valence-electron chi connectivity index (χ0n) is 27.8. The van der Waals surface area contributed by atoms with Gasteiger partial charge in [0.05, 0.1) is 18.7 Å². The molecule has 246 valence electrons. The van der Waals surface area contributed by atoms with Crippen molar-refractivity contribution in [2.75, 3.05) is 38.2 Å². The molecule has 0 atom stereocenters. The van der Waals surface area contributed by atoms with Gasteiger partial charge in [-0.1, -0.05) is 57.4 Å². The first-order valence-corrected chi connectivity index (χ1v) is 16.7. The summed E-state index contributed by atoms with van der Waals surface area (Å²) in [5.74, 6) is -0.159. The van der Waals surface area contributed by atoms with E-state index in [1.165, 1.54) is 31.4 Å². The van der Waals surface area contributed by atoms with Crippen molar-refractivity contribution in [3.8, 4) is 16.9 Å². The van der Waals surface area contributed by atoms with E-state index in [1.807, 2.05) is 43.1 Å². The number of aliphatic carboxylic acids is 1. The molecule has 8 heteroatoms. The van der Waals surface area contributed by atoms with E-state index in [-0.39, 0.29) is 23.6 Å². The van der Waals surface area contributed by atoms with E-state index in [1.54, 1.807) is 12.1 Å². The molecule has 0 unspecified atom stereocenters. The van der Waals surface area contributed by atoms with Gasteiger partial charge in [-0.2, -0.15) is 0 Å². The van der Waals surface area contributed by atoms with Gasteiger partial charge >= 0.3 is 5.97 Å². The molecule has 5 rings (SSSR count). The van der Waals surface area contributed by atoms with E-state index < -0.39 is 5.97 Å². The summed E-state index contributed by atoms with van der Waals surface area (Å²) in [6.45, 7) is 9.03. The molecule has 7 nitrogen and oxygen atoms in total. The highest BCUT2D eigenvalue weighted by atomic mass is 19.1. The van der Waals surface area contributed by atoms with E-state index in [0.717, 1.165) is 55.6 Å². The number of halogens is 1. The van der Waals surface area contributed by atoms with Crippen LogP contribution in [0.2, 0.25) is 0 Å². The van der Waals surface area contributed by atoms with Gasteiger partial charge in [-0.25, -0.2) is 9.37 Å². The van der Waals surface area contributed by atoms with E-state index in [4.69, 9.17) is 9.72 Å². The number of aryl methyl sites for hydroxylation is 1. The van der Waals surface area contributed by atoms with Crippen molar-refractivity contribution < 1.29 is 23.8 Å². The Balaban J connectivity index is 1.52. The SMILES string of the molecule is Cc1nc(C(=O)N(C)CC2CCCCC2)c(-c2ccc(OCCc3ccc(F)cc3)cc2)c(N2CCC(C)(C)CC2)c1CC(=O)O. The summed E-state index contributed by atoms with van der Waals surface area (Å²) in [6, 6.07) is 14.1. The number of carboxylic acids is 1. The van der Waals surface area contributed by atoms with Gasteiger partial charge in [0.2, 0.25) is 0 Å². The van der Waals surface area contributed by atoms with Gasteiger partial charge in [0.25, 0.3) is 5.91 Å². The van der Waals surface area contributed by atoms with Crippen LogP contribution in [0.25, 0.3) is 11.1 Å². The number of hydrogen-bond donors (Lipinski definition) is 1. The summed E-state index contributed by atoms with van der Waals surface area (Å²) < 4.78 is 19.3. The predicted molar refractivity (Wildman–Crippen MR) is 180 cm³/mol. The molecule has 1 N–H and O–H groups in total. The van der Waals surface area contributed by atoms with Gasteiger partial charge in [-0.3, -0.25) is 9.59 Å². The standard InChI is InChI=1S/C38H48FN3O4/c1-26-32(24-33(43)44)36(42-21-19-38(2,3)20-22-42)34(35(40-26)37(45)41(4)25-28-8-6-5-7-9-28)29-12-16-31(17-13-29)46-23-18-27-10-14-30(39)15-11-27/h10-17,28H,5-9,18-25H2,1-4H3,(H,43,44). The molecule has 1 saturated carbocycles. The number of carbonyl (C=O) groups excluding carboxylic acids is 1. The van der Waals surface area contributed by atoms with Crippen LogP contribution in [0.4, 0.5) is 10.1 Å². The van der Waals surface area contributed by atoms with Gasteiger partial charge in [-0.15, -0.1) is 0 Å². The molecule has 2 aliphatic rings. The highest BCUT2D eigenvalue weighted by molar-refractivity contribution is 6.03. The summed E-state index contributed by atoms with van der Waals surface area (Å²) in [4.78, 5) is 35.4. The highest BCUT2D eigenvalue weighted by Gasteiger charge is 2.33. The maximum atomic E-state index is 14.3. The van der Waals surface area contributed by atoms with Gasteiger partial charge in [0.1, 0.15) is 17.3 Å². The number of nitrogens with zero attached hydrogens (tertiary/aromatic N) is 3. The molecular weight excluding hydrogens is 581 g/mol. The lowest BCUT2D eigenvalue weighted by atomic mass is 9.82. The third-order valence-electron chi connectivity index (χ3n) is 9.76. The van der Waals surface area contributed by atoms with Crippen LogP contribution in [0.3, 0.4) is 0 Å². The number of hydrogen-bond acceptors (Lipinski definition) is 5. The number of ether oxygens (including phenoxy) is 1. The fourth-order valence-corrected chi connectivity index (χ4v) is 6.88. The van der Waals surface area contributed by atoms with Crippen LogP contribution in [0, 0.1) is 24.1 Å². The topological polar surface area (TPSA) is 83.0 Å². The van der Waals surface area contributed by atoms with Crippen molar-refractivity contribution >= 4 is 17.6 Å². The molecule has 1 saturated heterocycles. The fraction of sp³-hybridized carbons (Fsp3) is 0.500. The molecule has 2 fully saturated rings. The smallest absolute Gasteiger partial charge is 0.307 e. The number of carbonyl (C=O) groups is 2. The molecule has 3 aromatic rings. The summed E-state index contributed by atoms with van der Waals surface area (Å²) >= 11 is 0. The van der Waals surface area contributed by atoms with Crippen molar-refractivity contribution in [3.63, 3.8) is 0 Å². The lowest BCUT2D eigenvalue weighted by molar-refractivity contribution is -0.136. The Morgan fingerprint density at radius 2 is 1.67 bits per heavy atom. The molecule has 1 amide bonds. The van der Waals surface area contributed by atoms with Gasteiger partial charge in [0, 0.05) is 49.9 Å². The highest BCUT2D eigenvalue weighted by Crippen LogP contribution is 2.42. The first-order chi connectivity index (χ1) is 22.0. The second-order valence-electron chi connectivity index (χ2n) is 13.9. The van der Waals surface area contributed by atoms with Crippen molar-refractivity contribution in [1.29, 1.82) is 0 Å². The number of carboxylic acid groups (broad SMARTS) is 1. The number of pyridine rings is 1. The summed E-state index contributed by atoms with van der Waals surface area (Å²) in [7, 11) is 1.87. The summed E-state index contributed by atoms with van der Waals surface area (Å²) in [6.07, 6.45) is 8.32. The normalized spacial score (nSPS) is 16.7. The van der Waals surface area contributed by atoms with Crippen LogP contribution < -0.4 is 9.64 Å². The first-order valence-electron chi connectivity index (χ1n) is 16.7. The minimum Gasteiger partial charge on any atom is -0.493 e. The predicted octanol–water partition coefficient (Wildman–Crippen LogP) is 7.72. The van der Waals surface area contributed by atoms with Crippen molar-refractivity contribution in [2.24, 2.45) is 11.3 Å². The van der Waals surface area contributed by atoms with Crippen LogP contribution in [-0.4, -0.2) is 60.2 Å². The van der Waals surface area contributed by atoms with Crippen LogP contribution in [0.1, 0.15) is 86.1 Å². The summed E-state index contributed by atoms with van der Waals surface area (Å²) in [5.41, 5.74) is 5.11. The Bertz CT molecular complexity index is 1500. The monoisotopic (exact) mass is 629 g/mol. The zero-order valence-corrected chi connectivity index (χ0v) is 27.8. The molecule has 46 heavy (non-hydrogen) atoms. The average molecular weight is 630 g/mol. The largest absolute Gasteiger partial charge is 0.493 e. The number of benzene rings is 2. The van der Waals surface area contributed by atoms with E-state index in [2.05, 4.69) is 18.7 Å². The van der Waals surface area contributed by atoms with Crippen molar-refractivity contribution in [2.45, 2.75) is 78.6 Å². The van der Waals surface area contributed by atoms with Gasteiger partial charge in [0.15, 0.2) is 0 Å². The zero-order chi connectivity index (χ0) is 32.8. The second kappa shape index (κ2) is 14.7. The lowest BCUT2D eigenvalue weighted by Crippen LogP contribution is -2.39. The van der Waals surface area contributed by atoms with Gasteiger partial charge < -0.3 is 19.6 Å². The van der Waals surface area contributed by atoms with E-state index in [0.29, 0.717) is 53.8 Å². The average Bonchev–Trinajstić information content (AvgIpc) is 3.03. The minimum absolute atomic E-state index is 0.135. The molecular formula is C38H48FN3O4. The number of amides is 1. The third-order valence-corrected chi connectivity index (χ3v) is 9.76. The van der Waals surface area contributed by atoms with Crippen molar-refractivity contribution in [1.82, 2.24) is 9.88 Å². The number of rotatable bonds is 11. The molecule has 0 radical (unpaired) electrons. The number of anilines is 1. The van der Waals surface area contributed by atoms with E-state index in [9.17, 15) is 19.1 Å². The molecule has 2 aromatic carbocycles. The molecule has 0 spiro atoms. The molecule has 0 bridgehead atoms.